The van der Waals surface area contributed by atoms with E-state index in [1.807, 2.05) is 17.8 Å². The summed E-state index contributed by atoms with van der Waals surface area (Å²) in [5, 5.41) is 3.14. The molecule has 0 N–H and O–H groups in total. The fourth-order valence-corrected chi connectivity index (χ4v) is 2.55. The quantitative estimate of drug-likeness (QED) is 0.547. The Kier molecular flexibility index (Phi) is 5.93. The molecular weight excluding hydrogens is 232 g/mol. The summed E-state index contributed by atoms with van der Waals surface area (Å²) in [6, 6.07) is 0. The lowest BCUT2D eigenvalue weighted by atomic mass is 10.2. The monoisotopic (exact) mass is 246 g/mol. The van der Waals surface area contributed by atoms with Gasteiger partial charge in [0.05, 0.1) is 5.25 Å². The number of hydrogen-bond donors (Lipinski definition) is 0. The highest BCUT2D eigenvalue weighted by atomic mass is 35.5. The fraction of sp³-hybridized carbons (Fsp3) is 0.636. The van der Waals surface area contributed by atoms with Gasteiger partial charge in [0.2, 0.25) is 0 Å². The van der Waals surface area contributed by atoms with Crippen LogP contribution in [0.15, 0.2) is 11.5 Å². The molecular formula is C11H15ClS2. The van der Waals surface area contributed by atoms with E-state index >= 15 is 0 Å². The van der Waals surface area contributed by atoms with Crippen LogP contribution in [0.4, 0.5) is 0 Å². The fourth-order valence-electron chi connectivity index (χ4n) is 1.11. The highest BCUT2D eigenvalue weighted by Crippen LogP contribution is 2.23. The van der Waals surface area contributed by atoms with Crippen molar-refractivity contribution in [1.82, 2.24) is 0 Å². The predicted octanol–water partition coefficient (Wildman–Crippen LogP) is 3.76. The molecule has 1 aliphatic heterocycles. The van der Waals surface area contributed by atoms with E-state index in [2.05, 4.69) is 30.4 Å². The summed E-state index contributed by atoms with van der Waals surface area (Å²) in [5.41, 5.74) is 0. The maximum absolute atomic E-state index is 5.90. The second kappa shape index (κ2) is 6.71. The van der Waals surface area contributed by atoms with Crippen molar-refractivity contribution in [3.63, 3.8) is 0 Å². The van der Waals surface area contributed by atoms with Gasteiger partial charge >= 0.3 is 0 Å². The van der Waals surface area contributed by atoms with E-state index in [4.69, 9.17) is 11.6 Å². The molecule has 1 aliphatic rings. The van der Waals surface area contributed by atoms with Gasteiger partial charge in [-0.2, -0.15) is 11.8 Å². The zero-order chi connectivity index (χ0) is 10.4. The van der Waals surface area contributed by atoms with E-state index < -0.39 is 0 Å². The van der Waals surface area contributed by atoms with Gasteiger partial charge in [-0.05, 0) is 30.6 Å². The van der Waals surface area contributed by atoms with E-state index in [9.17, 15) is 0 Å². The van der Waals surface area contributed by atoms with Gasteiger partial charge in [-0.25, -0.2) is 0 Å². The molecule has 14 heavy (non-hydrogen) atoms. The summed E-state index contributed by atoms with van der Waals surface area (Å²) in [4.78, 5) is 0. The van der Waals surface area contributed by atoms with Gasteiger partial charge in [0.15, 0.2) is 0 Å². The first-order valence-corrected chi connectivity index (χ1v) is 7.39. The summed E-state index contributed by atoms with van der Waals surface area (Å²) in [7, 11) is 0. The zero-order valence-corrected chi connectivity index (χ0v) is 10.9. The van der Waals surface area contributed by atoms with E-state index in [-0.39, 0.29) is 5.38 Å². The molecule has 0 aliphatic carbocycles. The summed E-state index contributed by atoms with van der Waals surface area (Å²) in [5.74, 6) is 6.26. The van der Waals surface area contributed by atoms with Crippen molar-refractivity contribution < 1.29 is 0 Å². The Balaban J connectivity index is 2.35. The molecule has 0 nitrogen and oxygen atoms in total. The van der Waals surface area contributed by atoms with Crippen LogP contribution in [0.1, 0.15) is 19.8 Å². The van der Waals surface area contributed by atoms with Crippen molar-refractivity contribution in [2.75, 3.05) is 6.26 Å². The summed E-state index contributed by atoms with van der Waals surface area (Å²) in [6.45, 7) is 2.26. The van der Waals surface area contributed by atoms with Crippen LogP contribution < -0.4 is 0 Å². The minimum Gasteiger partial charge on any atom is -0.162 e. The van der Waals surface area contributed by atoms with E-state index in [1.54, 1.807) is 11.8 Å². The molecule has 0 amide bonds. The number of thioether (sulfide) groups is 2. The summed E-state index contributed by atoms with van der Waals surface area (Å²) < 4.78 is 0. The number of allylic oxidation sites excluding steroid dienone is 1. The molecule has 0 spiro atoms. The van der Waals surface area contributed by atoms with Gasteiger partial charge in [0.25, 0.3) is 0 Å². The van der Waals surface area contributed by atoms with Crippen molar-refractivity contribution in [3.8, 4) is 11.8 Å². The number of alkyl halides is 1. The highest BCUT2D eigenvalue weighted by Gasteiger charge is 2.09. The van der Waals surface area contributed by atoms with Crippen molar-refractivity contribution in [2.45, 2.75) is 35.6 Å². The number of rotatable bonds is 4. The normalized spacial score (nSPS) is 27.6. The third-order valence-electron chi connectivity index (χ3n) is 2.11. The van der Waals surface area contributed by atoms with Crippen molar-refractivity contribution >= 4 is 35.1 Å². The number of hydrogen-bond acceptors (Lipinski definition) is 2. The average molecular weight is 247 g/mol. The molecule has 0 saturated carbocycles. The molecule has 0 aromatic carbocycles. The smallest absolute Gasteiger partial charge is 0.113 e. The van der Waals surface area contributed by atoms with Crippen LogP contribution >= 0.6 is 35.1 Å². The lowest BCUT2D eigenvalue weighted by Gasteiger charge is -2.10. The van der Waals surface area contributed by atoms with Gasteiger partial charge < -0.3 is 0 Å². The van der Waals surface area contributed by atoms with Gasteiger partial charge in [0, 0.05) is 5.25 Å². The molecule has 78 valence electrons. The van der Waals surface area contributed by atoms with Crippen LogP contribution in [0.5, 0.6) is 0 Å². The largest absolute Gasteiger partial charge is 0.162 e. The van der Waals surface area contributed by atoms with Crippen LogP contribution in [0.25, 0.3) is 0 Å². The third kappa shape index (κ3) is 4.68. The van der Waals surface area contributed by atoms with Crippen LogP contribution in [0.2, 0.25) is 0 Å². The first kappa shape index (κ1) is 12.4. The Bertz CT molecular complexity index is 252. The van der Waals surface area contributed by atoms with Crippen molar-refractivity contribution in [3.05, 3.63) is 11.5 Å². The van der Waals surface area contributed by atoms with Crippen LogP contribution in [0.3, 0.4) is 0 Å². The highest BCUT2D eigenvalue weighted by molar-refractivity contribution is 8.03. The molecule has 3 unspecified atom stereocenters. The van der Waals surface area contributed by atoms with Crippen LogP contribution in [-0.4, -0.2) is 22.1 Å². The lowest BCUT2D eigenvalue weighted by molar-refractivity contribution is 0.761. The van der Waals surface area contributed by atoms with Gasteiger partial charge in [0.1, 0.15) is 5.38 Å². The maximum Gasteiger partial charge on any atom is 0.113 e. The Labute approximate surface area is 100 Å². The SMILES string of the molecule is CSC(C)CCC1C#CC(Cl)C=CS1. The van der Waals surface area contributed by atoms with E-state index in [0.717, 1.165) is 11.7 Å². The summed E-state index contributed by atoms with van der Waals surface area (Å²) in [6.07, 6.45) is 6.50. The molecule has 3 atom stereocenters. The van der Waals surface area contributed by atoms with Crippen LogP contribution in [-0.2, 0) is 0 Å². The Morgan fingerprint density at radius 2 is 2.36 bits per heavy atom. The summed E-state index contributed by atoms with van der Waals surface area (Å²) >= 11 is 9.61. The molecule has 0 aromatic heterocycles. The third-order valence-corrected chi connectivity index (χ3v) is 4.40. The van der Waals surface area contributed by atoms with Crippen molar-refractivity contribution in [2.24, 2.45) is 0 Å². The van der Waals surface area contributed by atoms with Gasteiger partial charge in [-0.15, -0.1) is 23.4 Å². The first-order chi connectivity index (χ1) is 6.72. The maximum atomic E-state index is 5.90. The molecule has 3 heteroatoms. The minimum absolute atomic E-state index is 0.0922. The number of halogens is 1. The molecule has 1 rings (SSSR count). The van der Waals surface area contributed by atoms with Gasteiger partial charge in [-0.3, -0.25) is 0 Å². The predicted molar refractivity (Wildman–Crippen MR) is 70.1 cm³/mol. The molecule has 0 radical (unpaired) electrons. The van der Waals surface area contributed by atoms with Crippen molar-refractivity contribution in [1.29, 1.82) is 0 Å². The Hall–Kier alpha value is 0.290. The topological polar surface area (TPSA) is 0 Å². The molecule has 1 heterocycles. The molecule has 0 saturated heterocycles. The molecule has 0 bridgehead atoms. The van der Waals surface area contributed by atoms with E-state index in [0.29, 0.717) is 5.25 Å². The molecule has 0 fully saturated rings. The molecule has 0 aromatic rings. The zero-order valence-electron chi connectivity index (χ0n) is 8.50. The Morgan fingerprint density at radius 3 is 3.07 bits per heavy atom. The second-order valence-electron chi connectivity index (χ2n) is 3.27. The lowest BCUT2D eigenvalue weighted by Crippen LogP contribution is -2.03. The first-order valence-electron chi connectivity index (χ1n) is 4.72. The van der Waals surface area contributed by atoms with Crippen LogP contribution in [0, 0.1) is 11.8 Å². The average Bonchev–Trinajstić information content (AvgIpc) is 2.39. The standard InChI is InChI=1S/C11H15ClS2/c1-9(13-2)3-5-11-6-4-10(12)7-8-14-11/h7-11H,3,5H2,1-2H3. The van der Waals surface area contributed by atoms with E-state index in [1.165, 1.54) is 6.42 Å². The second-order valence-corrected chi connectivity index (χ2v) is 6.13. The Morgan fingerprint density at radius 1 is 1.57 bits per heavy atom. The minimum atomic E-state index is -0.0922. The van der Waals surface area contributed by atoms with Gasteiger partial charge in [-0.1, -0.05) is 18.8 Å².